The van der Waals surface area contributed by atoms with Gasteiger partial charge in [-0.05, 0) is 23.6 Å². The Balaban J connectivity index is 1.34. The largest absolute Gasteiger partial charge is 0.344 e. The fourth-order valence-electron chi connectivity index (χ4n) is 3.91. The van der Waals surface area contributed by atoms with Crippen molar-refractivity contribution in [3.8, 4) is 0 Å². The Morgan fingerprint density at radius 1 is 0.933 bits per heavy atom. The number of anilines is 1. The van der Waals surface area contributed by atoms with E-state index in [0.717, 1.165) is 44.1 Å². The highest BCUT2D eigenvalue weighted by atomic mass is 16.2. The summed E-state index contributed by atoms with van der Waals surface area (Å²) in [7, 11) is 0. The number of carbonyl (C=O) groups excluding carboxylic acids is 1. The second kappa shape index (κ2) is 9.98. The molecule has 1 atom stereocenters. The average molecular weight is 403 g/mol. The first-order chi connectivity index (χ1) is 14.8. The zero-order valence-corrected chi connectivity index (χ0v) is 17.1. The van der Waals surface area contributed by atoms with Crippen LogP contribution in [0, 0.1) is 0 Å². The van der Waals surface area contributed by atoms with Gasteiger partial charge in [-0.1, -0.05) is 60.7 Å². The topological polar surface area (TPSA) is 62.6 Å². The van der Waals surface area contributed by atoms with Crippen molar-refractivity contribution in [3.63, 3.8) is 0 Å². The molecule has 0 saturated carbocycles. The summed E-state index contributed by atoms with van der Waals surface area (Å²) in [6, 6.07) is 22.3. The quantitative estimate of drug-likeness (QED) is 0.625. The summed E-state index contributed by atoms with van der Waals surface area (Å²) in [4.78, 5) is 25.0. The van der Waals surface area contributed by atoms with Gasteiger partial charge in [0.15, 0.2) is 6.54 Å². The number of hydrogen-bond donors (Lipinski definition) is 2. The second-order valence-electron chi connectivity index (χ2n) is 7.68. The van der Waals surface area contributed by atoms with Crippen molar-refractivity contribution >= 4 is 11.9 Å². The van der Waals surface area contributed by atoms with Crippen LogP contribution in [0.3, 0.4) is 0 Å². The summed E-state index contributed by atoms with van der Waals surface area (Å²) in [6.07, 6.45) is 4.32. The lowest BCUT2D eigenvalue weighted by molar-refractivity contribution is -0.892. The maximum absolute atomic E-state index is 12.9. The van der Waals surface area contributed by atoms with Crippen molar-refractivity contribution in [2.75, 3.05) is 37.6 Å². The molecule has 0 spiro atoms. The zero-order chi connectivity index (χ0) is 20.6. The van der Waals surface area contributed by atoms with Crippen LogP contribution in [0.25, 0.3) is 0 Å². The number of benzene rings is 2. The smallest absolute Gasteiger partial charge is 0.275 e. The molecule has 30 heavy (non-hydrogen) atoms. The van der Waals surface area contributed by atoms with Crippen LogP contribution in [-0.4, -0.2) is 48.6 Å². The van der Waals surface area contributed by atoms with Crippen molar-refractivity contribution < 1.29 is 9.69 Å². The minimum atomic E-state index is -0.0282. The number of carbonyl (C=O) groups is 1. The Morgan fingerprint density at radius 2 is 1.57 bits per heavy atom. The third-order valence-corrected chi connectivity index (χ3v) is 5.54. The lowest BCUT2D eigenvalue weighted by Gasteiger charge is -2.32. The van der Waals surface area contributed by atoms with E-state index in [9.17, 15) is 4.79 Å². The van der Waals surface area contributed by atoms with Gasteiger partial charge < -0.3 is 15.1 Å². The second-order valence-corrected chi connectivity index (χ2v) is 7.68. The van der Waals surface area contributed by atoms with Gasteiger partial charge in [0.2, 0.25) is 5.95 Å². The molecule has 1 fully saturated rings. The molecule has 3 aromatic rings. The van der Waals surface area contributed by atoms with Gasteiger partial charge in [-0.15, -0.1) is 0 Å². The molecule has 1 saturated heterocycles. The minimum Gasteiger partial charge on any atom is -0.344 e. The highest BCUT2D eigenvalue weighted by Crippen LogP contribution is 2.18. The van der Waals surface area contributed by atoms with Gasteiger partial charge in [0.25, 0.3) is 5.91 Å². The van der Waals surface area contributed by atoms with Crippen LogP contribution in [0.5, 0.6) is 0 Å². The molecular formula is C24H28N5O+. The summed E-state index contributed by atoms with van der Waals surface area (Å²) in [5, 5.41) is 3.27. The van der Waals surface area contributed by atoms with Crippen molar-refractivity contribution in [1.29, 1.82) is 0 Å². The molecule has 2 aromatic carbocycles. The van der Waals surface area contributed by atoms with Crippen molar-refractivity contribution in [3.05, 3.63) is 90.3 Å². The van der Waals surface area contributed by atoms with Gasteiger partial charge in [-0.2, -0.15) is 0 Å². The van der Waals surface area contributed by atoms with Gasteiger partial charge in [-0.25, -0.2) is 9.97 Å². The predicted octanol–water partition coefficient (Wildman–Crippen LogP) is 1.28. The van der Waals surface area contributed by atoms with Crippen LogP contribution >= 0.6 is 0 Å². The normalized spacial score (nSPS) is 15.5. The standard InChI is InChI=1S/C24H27N5O/c30-23(19-28-14-16-29(17-15-28)24-25-12-7-13-26-24)27-22(21-10-5-2-6-11-21)18-20-8-3-1-4-9-20/h1-13,22H,14-19H2,(H,27,30)/p+1/t22-/m0/s1. The lowest BCUT2D eigenvalue weighted by atomic mass is 9.99. The van der Waals surface area contributed by atoms with Crippen LogP contribution in [0.1, 0.15) is 17.2 Å². The molecule has 1 aliphatic heterocycles. The number of aromatic nitrogens is 2. The van der Waals surface area contributed by atoms with Crippen LogP contribution < -0.4 is 15.1 Å². The average Bonchev–Trinajstić information content (AvgIpc) is 2.81. The third-order valence-electron chi connectivity index (χ3n) is 5.54. The highest BCUT2D eigenvalue weighted by molar-refractivity contribution is 5.77. The molecule has 6 heteroatoms. The molecule has 2 heterocycles. The summed E-state index contributed by atoms with van der Waals surface area (Å²) in [6.45, 7) is 4.01. The van der Waals surface area contributed by atoms with E-state index >= 15 is 0 Å². The molecule has 4 rings (SSSR count). The molecule has 0 radical (unpaired) electrons. The third kappa shape index (κ3) is 5.42. The fraction of sp³-hybridized carbons (Fsp3) is 0.292. The number of hydrogen-bond acceptors (Lipinski definition) is 4. The maximum atomic E-state index is 12.9. The van der Waals surface area contributed by atoms with Gasteiger partial charge >= 0.3 is 0 Å². The monoisotopic (exact) mass is 402 g/mol. The Hall–Kier alpha value is -3.25. The Bertz CT molecular complexity index is 912. The van der Waals surface area contributed by atoms with Gasteiger partial charge in [0, 0.05) is 12.4 Å². The fourth-order valence-corrected chi connectivity index (χ4v) is 3.91. The molecule has 0 unspecified atom stereocenters. The van der Waals surface area contributed by atoms with Crippen molar-refractivity contribution in [1.82, 2.24) is 15.3 Å². The molecule has 1 aromatic heterocycles. The molecular weight excluding hydrogens is 374 g/mol. The summed E-state index contributed by atoms with van der Waals surface area (Å²) < 4.78 is 0. The number of nitrogens with zero attached hydrogens (tertiary/aromatic N) is 3. The summed E-state index contributed by atoms with van der Waals surface area (Å²) >= 11 is 0. The number of quaternary nitrogens is 1. The van der Waals surface area contributed by atoms with Gasteiger partial charge in [0.05, 0.1) is 32.2 Å². The number of piperazine rings is 1. The van der Waals surface area contributed by atoms with E-state index in [-0.39, 0.29) is 11.9 Å². The first-order valence-electron chi connectivity index (χ1n) is 10.5. The van der Waals surface area contributed by atoms with Crippen LogP contribution in [-0.2, 0) is 11.2 Å². The SMILES string of the molecule is O=C(C[NH+]1CCN(c2ncccn2)CC1)N[C@@H](Cc1ccccc1)c1ccccc1. The Kier molecular flexibility index (Phi) is 6.67. The van der Waals surface area contributed by atoms with Crippen LogP contribution in [0.4, 0.5) is 5.95 Å². The zero-order valence-electron chi connectivity index (χ0n) is 17.1. The Morgan fingerprint density at radius 3 is 2.23 bits per heavy atom. The van der Waals surface area contributed by atoms with Crippen molar-refractivity contribution in [2.24, 2.45) is 0 Å². The maximum Gasteiger partial charge on any atom is 0.275 e. The van der Waals surface area contributed by atoms with Crippen molar-refractivity contribution in [2.45, 2.75) is 12.5 Å². The van der Waals surface area contributed by atoms with Crippen LogP contribution in [0.15, 0.2) is 79.1 Å². The first-order valence-corrected chi connectivity index (χ1v) is 10.5. The van der Waals surface area contributed by atoms with E-state index in [1.165, 1.54) is 10.5 Å². The number of amides is 1. The predicted molar refractivity (Wildman–Crippen MR) is 117 cm³/mol. The first kappa shape index (κ1) is 20.0. The molecule has 6 nitrogen and oxygen atoms in total. The van der Waals surface area contributed by atoms with E-state index in [0.29, 0.717) is 6.54 Å². The molecule has 2 N–H and O–H groups in total. The van der Waals surface area contributed by atoms with E-state index in [2.05, 4.69) is 44.5 Å². The number of rotatable bonds is 7. The molecule has 154 valence electrons. The highest BCUT2D eigenvalue weighted by Gasteiger charge is 2.25. The number of nitrogens with one attached hydrogen (secondary N) is 2. The molecule has 0 aliphatic carbocycles. The molecule has 1 amide bonds. The van der Waals surface area contributed by atoms with E-state index in [1.807, 2.05) is 42.5 Å². The molecule has 0 bridgehead atoms. The van der Waals surface area contributed by atoms with Gasteiger partial charge in [0.1, 0.15) is 0 Å². The molecule has 1 aliphatic rings. The summed E-state index contributed by atoms with van der Waals surface area (Å²) in [5.74, 6) is 0.868. The van der Waals surface area contributed by atoms with Gasteiger partial charge in [-0.3, -0.25) is 4.79 Å². The van der Waals surface area contributed by atoms with E-state index in [1.54, 1.807) is 12.4 Å². The lowest BCUT2D eigenvalue weighted by Crippen LogP contribution is -3.16. The Labute approximate surface area is 177 Å². The summed E-state index contributed by atoms with van der Waals surface area (Å²) in [5.41, 5.74) is 2.35. The van der Waals surface area contributed by atoms with Crippen LogP contribution in [0.2, 0.25) is 0 Å². The van der Waals surface area contributed by atoms with E-state index in [4.69, 9.17) is 0 Å². The van der Waals surface area contributed by atoms with E-state index < -0.39 is 0 Å². The minimum absolute atomic E-state index is 0.0282.